The average molecular weight is 315 g/mol. The van der Waals surface area contributed by atoms with E-state index in [9.17, 15) is 9.59 Å². The van der Waals surface area contributed by atoms with Crippen LogP contribution in [0.3, 0.4) is 0 Å². The fourth-order valence-corrected chi connectivity index (χ4v) is 2.33. The van der Waals surface area contributed by atoms with Gasteiger partial charge in [-0.15, -0.1) is 13.2 Å². The van der Waals surface area contributed by atoms with Crippen molar-refractivity contribution in [2.24, 2.45) is 0 Å². The lowest BCUT2D eigenvalue weighted by Gasteiger charge is -2.19. The molecule has 23 heavy (non-hydrogen) atoms. The zero-order chi connectivity index (χ0) is 16.7. The Balaban J connectivity index is 1.95. The highest BCUT2D eigenvalue weighted by Crippen LogP contribution is 2.31. The topological polar surface area (TPSA) is 55.8 Å². The summed E-state index contributed by atoms with van der Waals surface area (Å²) in [5, 5.41) is 0. The first-order valence-corrected chi connectivity index (χ1v) is 7.58. The Hall–Kier alpha value is -2.56. The number of carbonyl (C=O) groups is 2. The molecule has 0 saturated carbocycles. The van der Waals surface area contributed by atoms with Gasteiger partial charge < -0.3 is 14.4 Å². The number of Topliss-reactive ketones (excluding diaryl/α,β-unsaturated/α-hetero) is 1. The van der Waals surface area contributed by atoms with Crippen molar-refractivity contribution in [3.8, 4) is 11.5 Å². The van der Waals surface area contributed by atoms with Gasteiger partial charge in [0.25, 0.3) is 0 Å². The molecule has 1 aliphatic heterocycles. The highest BCUT2D eigenvalue weighted by atomic mass is 16.6. The Labute approximate surface area is 136 Å². The van der Waals surface area contributed by atoms with Gasteiger partial charge in [-0.25, -0.2) is 0 Å². The Kier molecular flexibility index (Phi) is 5.97. The predicted molar refractivity (Wildman–Crippen MR) is 88.0 cm³/mol. The van der Waals surface area contributed by atoms with Crippen molar-refractivity contribution in [1.82, 2.24) is 4.90 Å². The molecular weight excluding hydrogens is 294 g/mol. The van der Waals surface area contributed by atoms with Crippen LogP contribution in [0.5, 0.6) is 11.5 Å². The van der Waals surface area contributed by atoms with E-state index in [1.165, 1.54) is 0 Å². The molecule has 1 heterocycles. The molecule has 5 heteroatoms. The second-order valence-electron chi connectivity index (χ2n) is 5.16. The normalized spacial score (nSPS) is 12.3. The third kappa shape index (κ3) is 4.45. The smallest absolute Gasteiger partial charge is 0.223 e. The maximum absolute atomic E-state index is 12.3. The molecule has 0 bridgehead atoms. The van der Waals surface area contributed by atoms with E-state index in [1.54, 1.807) is 35.3 Å². The predicted octanol–water partition coefficient (Wildman–Crippen LogP) is 2.62. The van der Waals surface area contributed by atoms with Crippen LogP contribution in [-0.2, 0) is 4.79 Å². The van der Waals surface area contributed by atoms with Crippen molar-refractivity contribution < 1.29 is 19.1 Å². The highest BCUT2D eigenvalue weighted by Gasteiger charge is 2.17. The molecule has 0 spiro atoms. The van der Waals surface area contributed by atoms with Crippen LogP contribution in [0.1, 0.15) is 23.2 Å². The fourth-order valence-electron chi connectivity index (χ4n) is 2.33. The first kappa shape index (κ1) is 16.8. The molecule has 0 N–H and O–H groups in total. The summed E-state index contributed by atoms with van der Waals surface area (Å²) >= 11 is 0. The number of ketones is 1. The molecule has 0 fully saturated rings. The summed E-state index contributed by atoms with van der Waals surface area (Å²) in [6.45, 7) is 9.14. The Morgan fingerprint density at radius 2 is 1.70 bits per heavy atom. The van der Waals surface area contributed by atoms with Crippen LogP contribution < -0.4 is 9.47 Å². The molecule has 0 aromatic heterocycles. The summed E-state index contributed by atoms with van der Waals surface area (Å²) in [5.74, 6) is 1.04. The molecule has 1 amide bonds. The van der Waals surface area contributed by atoms with Gasteiger partial charge in [-0.2, -0.15) is 0 Å². The maximum Gasteiger partial charge on any atom is 0.223 e. The summed E-state index contributed by atoms with van der Waals surface area (Å²) in [6, 6.07) is 5.10. The third-order valence-corrected chi connectivity index (χ3v) is 3.48. The molecule has 0 aliphatic carbocycles. The monoisotopic (exact) mass is 315 g/mol. The van der Waals surface area contributed by atoms with Crippen LogP contribution in [0.15, 0.2) is 43.5 Å². The van der Waals surface area contributed by atoms with Gasteiger partial charge in [-0.05, 0) is 18.2 Å². The van der Waals surface area contributed by atoms with Crippen LogP contribution in [0.25, 0.3) is 0 Å². The van der Waals surface area contributed by atoms with Crippen LogP contribution in [0.4, 0.5) is 0 Å². The second-order valence-corrected chi connectivity index (χ2v) is 5.16. The lowest BCUT2D eigenvalue weighted by molar-refractivity contribution is -0.130. The first-order valence-electron chi connectivity index (χ1n) is 7.58. The van der Waals surface area contributed by atoms with E-state index in [0.717, 1.165) is 0 Å². The SMILES string of the molecule is C=CCN(CC=C)C(=O)CCC(=O)c1ccc2c(c1)OCCO2. The van der Waals surface area contributed by atoms with E-state index in [2.05, 4.69) is 13.2 Å². The van der Waals surface area contributed by atoms with Crippen molar-refractivity contribution in [3.05, 3.63) is 49.1 Å². The summed E-state index contributed by atoms with van der Waals surface area (Å²) in [5.41, 5.74) is 0.529. The van der Waals surface area contributed by atoms with E-state index >= 15 is 0 Å². The van der Waals surface area contributed by atoms with Crippen molar-refractivity contribution in [2.45, 2.75) is 12.8 Å². The molecule has 5 nitrogen and oxygen atoms in total. The average Bonchev–Trinajstić information content (AvgIpc) is 2.58. The van der Waals surface area contributed by atoms with Crippen molar-refractivity contribution >= 4 is 11.7 Å². The van der Waals surface area contributed by atoms with Gasteiger partial charge in [0, 0.05) is 31.5 Å². The zero-order valence-electron chi connectivity index (χ0n) is 13.1. The van der Waals surface area contributed by atoms with E-state index in [1.807, 2.05) is 0 Å². The minimum absolute atomic E-state index is 0.0873. The molecule has 122 valence electrons. The third-order valence-electron chi connectivity index (χ3n) is 3.48. The number of hydrogen-bond donors (Lipinski definition) is 0. The lowest BCUT2D eigenvalue weighted by Crippen LogP contribution is -2.31. The highest BCUT2D eigenvalue weighted by molar-refractivity contribution is 5.98. The summed E-state index contributed by atoms with van der Waals surface area (Å²) in [6.07, 6.45) is 3.63. The number of hydrogen-bond acceptors (Lipinski definition) is 4. The van der Waals surface area contributed by atoms with Crippen LogP contribution in [-0.4, -0.2) is 42.9 Å². The molecule has 0 atom stereocenters. The molecule has 0 radical (unpaired) electrons. The van der Waals surface area contributed by atoms with Gasteiger partial charge in [0.05, 0.1) is 0 Å². The van der Waals surface area contributed by atoms with Crippen LogP contribution >= 0.6 is 0 Å². The largest absolute Gasteiger partial charge is 0.486 e. The summed E-state index contributed by atoms with van der Waals surface area (Å²) in [7, 11) is 0. The summed E-state index contributed by atoms with van der Waals surface area (Å²) in [4.78, 5) is 26.0. The molecule has 0 saturated heterocycles. The molecule has 1 aromatic rings. The van der Waals surface area contributed by atoms with E-state index in [0.29, 0.717) is 43.4 Å². The molecule has 1 aromatic carbocycles. The van der Waals surface area contributed by atoms with E-state index in [-0.39, 0.29) is 24.5 Å². The van der Waals surface area contributed by atoms with Crippen LogP contribution in [0, 0.1) is 0 Å². The standard InChI is InChI=1S/C18H21NO4/c1-3-9-19(10-4-2)18(21)8-6-15(20)14-5-7-16-17(13-14)23-12-11-22-16/h3-5,7,13H,1-2,6,8-12H2. The van der Waals surface area contributed by atoms with E-state index in [4.69, 9.17) is 9.47 Å². The lowest BCUT2D eigenvalue weighted by atomic mass is 10.1. The number of ether oxygens (including phenoxy) is 2. The minimum Gasteiger partial charge on any atom is -0.486 e. The first-order chi connectivity index (χ1) is 11.2. The van der Waals surface area contributed by atoms with Gasteiger partial charge in [-0.1, -0.05) is 12.2 Å². The number of nitrogens with zero attached hydrogens (tertiary/aromatic N) is 1. The number of benzene rings is 1. The van der Waals surface area contributed by atoms with Crippen molar-refractivity contribution in [3.63, 3.8) is 0 Å². The molecular formula is C18H21NO4. The van der Waals surface area contributed by atoms with Gasteiger partial charge in [0.2, 0.25) is 5.91 Å². The van der Waals surface area contributed by atoms with Gasteiger partial charge in [0.15, 0.2) is 17.3 Å². The quantitative estimate of drug-likeness (QED) is 0.546. The number of carbonyl (C=O) groups excluding carboxylic acids is 2. The number of fused-ring (bicyclic) bond motifs is 1. The Morgan fingerprint density at radius 1 is 1.04 bits per heavy atom. The van der Waals surface area contributed by atoms with Crippen molar-refractivity contribution in [1.29, 1.82) is 0 Å². The minimum atomic E-state index is -0.0903. The Morgan fingerprint density at radius 3 is 2.35 bits per heavy atom. The van der Waals surface area contributed by atoms with Crippen LogP contribution in [0.2, 0.25) is 0 Å². The Bertz CT molecular complexity index is 599. The molecule has 1 aliphatic rings. The second kappa shape index (κ2) is 8.17. The maximum atomic E-state index is 12.3. The fraction of sp³-hybridized carbons (Fsp3) is 0.333. The molecule has 2 rings (SSSR count). The number of rotatable bonds is 8. The van der Waals surface area contributed by atoms with Gasteiger partial charge in [0.1, 0.15) is 13.2 Å². The zero-order valence-corrected chi connectivity index (χ0v) is 13.1. The van der Waals surface area contributed by atoms with E-state index < -0.39 is 0 Å². The van der Waals surface area contributed by atoms with Gasteiger partial charge >= 0.3 is 0 Å². The van der Waals surface area contributed by atoms with Gasteiger partial charge in [-0.3, -0.25) is 9.59 Å². The summed E-state index contributed by atoms with van der Waals surface area (Å²) < 4.78 is 10.9. The molecule has 0 unspecified atom stereocenters. The number of amides is 1. The van der Waals surface area contributed by atoms with Crippen molar-refractivity contribution in [2.75, 3.05) is 26.3 Å².